The van der Waals surface area contributed by atoms with Crippen molar-refractivity contribution >= 4 is 23.8 Å². The molecule has 0 amide bonds. The van der Waals surface area contributed by atoms with Crippen LogP contribution in [0.4, 0.5) is 0 Å². The lowest BCUT2D eigenvalue weighted by Crippen LogP contribution is -1.94. The van der Waals surface area contributed by atoms with E-state index in [9.17, 15) is 4.79 Å². The van der Waals surface area contributed by atoms with Crippen LogP contribution in [0, 0.1) is 0 Å². The predicted molar refractivity (Wildman–Crippen MR) is 60.2 cm³/mol. The fourth-order valence-electron chi connectivity index (χ4n) is 0.905. The van der Waals surface area contributed by atoms with E-state index in [1.165, 1.54) is 11.8 Å². The van der Waals surface area contributed by atoms with Crippen LogP contribution in [-0.2, 0) is 4.79 Å². The second kappa shape index (κ2) is 6.27. The summed E-state index contributed by atoms with van der Waals surface area (Å²) in [5.74, 6) is -0.121. The molecule has 1 rings (SSSR count). The minimum absolute atomic E-state index is 0.212. The van der Waals surface area contributed by atoms with Gasteiger partial charge in [-0.2, -0.15) is 0 Å². The molecule has 1 aromatic carbocycles. The van der Waals surface area contributed by atoms with Crippen LogP contribution in [0.25, 0.3) is 6.08 Å². The van der Waals surface area contributed by atoms with Gasteiger partial charge in [0.2, 0.25) is 0 Å². The topological polar surface area (TPSA) is 37.3 Å². The molecule has 0 saturated heterocycles. The number of benzene rings is 1. The SMILES string of the molecule is O=C(O)CCSC=Cc1ccccc1. The van der Waals surface area contributed by atoms with Gasteiger partial charge in [-0.3, -0.25) is 4.79 Å². The van der Waals surface area contributed by atoms with E-state index in [1.807, 2.05) is 41.8 Å². The molecule has 0 aliphatic rings. The largest absolute Gasteiger partial charge is 0.481 e. The normalized spacial score (nSPS) is 10.6. The molecule has 1 N–H and O–H groups in total. The first kappa shape index (κ1) is 10.9. The van der Waals surface area contributed by atoms with E-state index in [1.54, 1.807) is 0 Å². The highest BCUT2D eigenvalue weighted by Gasteiger charge is 1.93. The average Bonchev–Trinajstić information content (AvgIpc) is 2.18. The van der Waals surface area contributed by atoms with Crippen molar-refractivity contribution in [1.82, 2.24) is 0 Å². The van der Waals surface area contributed by atoms with Gasteiger partial charge < -0.3 is 5.11 Å². The third kappa shape index (κ3) is 4.72. The molecule has 0 heterocycles. The van der Waals surface area contributed by atoms with E-state index in [0.29, 0.717) is 5.75 Å². The van der Waals surface area contributed by atoms with Gasteiger partial charge in [-0.1, -0.05) is 30.3 Å². The van der Waals surface area contributed by atoms with E-state index in [4.69, 9.17) is 5.11 Å². The molecule has 0 unspecified atom stereocenters. The van der Waals surface area contributed by atoms with Crippen LogP contribution in [0.2, 0.25) is 0 Å². The van der Waals surface area contributed by atoms with Crippen molar-refractivity contribution < 1.29 is 9.90 Å². The molecule has 74 valence electrons. The molecule has 0 saturated carbocycles. The Kier molecular flexibility index (Phi) is 4.86. The van der Waals surface area contributed by atoms with E-state index in [2.05, 4.69) is 0 Å². The number of aliphatic carboxylic acids is 1. The van der Waals surface area contributed by atoms with Gasteiger partial charge in [0.25, 0.3) is 0 Å². The maximum Gasteiger partial charge on any atom is 0.304 e. The van der Waals surface area contributed by atoms with E-state index in [0.717, 1.165) is 5.56 Å². The fraction of sp³-hybridized carbons (Fsp3) is 0.182. The second-order valence-electron chi connectivity index (χ2n) is 2.73. The Bertz CT molecular complexity index is 306. The van der Waals surface area contributed by atoms with Gasteiger partial charge in [0.05, 0.1) is 6.42 Å². The van der Waals surface area contributed by atoms with Crippen molar-refractivity contribution in [1.29, 1.82) is 0 Å². The highest BCUT2D eigenvalue weighted by molar-refractivity contribution is 8.02. The lowest BCUT2D eigenvalue weighted by molar-refractivity contribution is -0.136. The van der Waals surface area contributed by atoms with E-state index < -0.39 is 5.97 Å². The Morgan fingerprint density at radius 2 is 2.07 bits per heavy atom. The molecule has 0 atom stereocenters. The van der Waals surface area contributed by atoms with E-state index in [-0.39, 0.29) is 6.42 Å². The average molecular weight is 208 g/mol. The predicted octanol–water partition coefficient (Wildman–Crippen LogP) is 2.87. The summed E-state index contributed by atoms with van der Waals surface area (Å²) in [6.07, 6.45) is 2.19. The maximum atomic E-state index is 10.2. The summed E-state index contributed by atoms with van der Waals surface area (Å²) in [7, 11) is 0. The molecule has 0 spiro atoms. The van der Waals surface area contributed by atoms with Gasteiger partial charge in [-0.25, -0.2) is 0 Å². The van der Waals surface area contributed by atoms with Crippen molar-refractivity contribution in [3.63, 3.8) is 0 Å². The standard InChI is InChI=1S/C11H12O2S/c12-11(13)7-9-14-8-6-10-4-2-1-3-5-10/h1-6,8H,7,9H2,(H,12,13). The lowest BCUT2D eigenvalue weighted by Gasteiger charge is -1.92. The van der Waals surface area contributed by atoms with Crippen LogP contribution in [0.5, 0.6) is 0 Å². The van der Waals surface area contributed by atoms with Crippen LogP contribution in [0.1, 0.15) is 12.0 Å². The Balaban J connectivity index is 2.25. The number of thioether (sulfide) groups is 1. The van der Waals surface area contributed by atoms with Crippen molar-refractivity contribution in [3.05, 3.63) is 41.3 Å². The van der Waals surface area contributed by atoms with Gasteiger partial charge in [-0.05, 0) is 17.0 Å². The number of hydrogen-bond donors (Lipinski definition) is 1. The number of rotatable bonds is 5. The van der Waals surface area contributed by atoms with Crippen molar-refractivity contribution in [2.45, 2.75) is 6.42 Å². The molecular weight excluding hydrogens is 196 g/mol. The van der Waals surface area contributed by atoms with Crippen LogP contribution >= 0.6 is 11.8 Å². The lowest BCUT2D eigenvalue weighted by atomic mass is 10.2. The quantitative estimate of drug-likeness (QED) is 0.756. The molecule has 0 aromatic heterocycles. The number of carboxylic acid groups (broad SMARTS) is 1. The first-order chi connectivity index (χ1) is 6.79. The Hall–Kier alpha value is -1.22. The van der Waals surface area contributed by atoms with Crippen LogP contribution in [0.3, 0.4) is 0 Å². The fourth-order valence-corrected chi connectivity index (χ4v) is 1.59. The summed E-state index contributed by atoms with van der Waals surface area (Å²) < 4.78 is 0. The molecule has 2 nitrogen and oxygen atoms in total. The first-order valence-corrected chi connectivity index (χ1v) is 5.39. The van der Waals surface area contributed by atoms with Gasteiger partial charge in [0.1, 0.15) is 0 Å². The zero-order chi connectivity index (χ0) is 10.2. The third-order valence-electron chi connectivity index (χ3n) is 1.59. The molecule has 0 aliphatic carbocycles. The summed E-state index contributed by atoms with van der Waals surface area (Å²) in [6.45, 7) is 0. The molecule has 0 bridgehead atoms. The van der Waals surface area contributed by atoms with Gasteiger partial charge in [-0.15, -0.1) is 11.8 Å². The highest BCUT2D eigenvalue weighted by atomic mass is 32.2. The zero-order valence-electron chi connectivity index (χ0n) is 7.72. The zero-order valence-corrected chi connectivity index (χ0v) is 8.54. The van der Waals surface area contributed by atoms with Crippen molar-refractivity contribution in [2.24, 2.45) is 0 Å². The first-order valence-electron chi connectivity index (χ1n) is 4.34. The minimum Gasteiger partial charge on any atom is -0.481 e. The third-order valence-corrected chi connectivity index (χ3v) is 2.36. The van der Waals surface area contributed by atoms with Gasteiger partial charge >= 0.3 is 5.97 Å². The number of carbonyl (C=O) groups is 1. The van der Waals surface area contributed by atoms with Crippen molar-refractivity contribution in [2.75, 3.05) is 5.75 Å². The molecule has 0 radical (unpaired) electrons. The van der Waals surface area contributed by atoms with Gasteiger partial charge in [0, 0.05) is 5.75 Å². The summed E-state index contributed by atoms with van der Waals surface area (Å²) in [4.78, 5) is 10.2. The van der Waals surface area contributed by atoms with Crippen LogP contribution < -0.4 is 0 Å². The molecule has 14 heavy (non-hydrogen) atoms. The number of hydrogen-bond acceptors (Lipinski definition) is 2. The molecular formula is C11H12O2S. The maximum absolute atomic E-state index is 10.2. The highest BCUT2D eigenvalue weighted by Crippen LogP contribution is 2.08. The monoisotopic (exact) mass is 208 g/mol. The molecule has 0 aliphatic heterocycles. The minimum atomic E-state index is -0.745. The summed E-state index contributed by atoms with van der Waals surface area (Å²) in [5.41, 5.74) is 1.13. The summed E-state index contributed by atoms with van der Waals surface area (Å²) in [5, 5.41) is 10.3. The van der Waals surface area contributed by atoms with Crippen molar-refractivity contribution in [3.8, 4) is 0 Å². The molecule has 0 fully saturated rings. The Labute approximate surface area is 87.6 Å². The summed E-state index contributed by atoms with van der Waals surface area (Å²) >= 11 is 1.52. The van der Waals surface area contributed by atoms with Gasteiger partial charge in [0.15, 0.2) is 0 Å². The molecule has 3 heteroatoms. The van der Waals surface area contributed by atoms with Crippen LogP contribution in [0.15, 0.2) is 35.7 Å². The second-order valence-corrected chi connectivity index (χ2v) is 3.74. The summed E-state index contributed by atoms with van der Waals surface area (Å²) in [6, 6.07) is 9.93. The smallest absolute Gasteiger partial charge is 0.304 e. The van der Waals surface area contributed by atoms with E-state index >= 15 is 0 Å². The Morgan fingerprint density at radius 3 is 2.71 bits per heavy atom. The molecule has 1 aromatic rings. The number of carboxylic acids is 1. The van der Waals surface area contributed by atoms with Crippen LogP contribution in [-0.4, -0.2) is 16.8 Å². The Morgan fingerprint density at radius 1 is 1.36 bits per heavy atom.